The van der Waals surface area contributed by atoms with Gasteiger partial charge in [0.15, 0.2) is 5.96 Å². The van der Waals surface area contributed by atoms with Crippen LogP contribution in [0.3, 0.4) is 0 Å². The van der Waals surface area contributed by atoms with E-state index in [9.17, 15) is 23.2 Å². The molecule has 4 rings (SSSR count). The van der Waals surface area contributed by atoms with Crippen LogP contribution >= 0.6 is 11.3 Å². The van der Waals surface area contributed by atoms with E-state index < -0.39 is 23.2 Å². The van der Waals surface area contributed by atoms with Crippen molar-refractivity contribution in [2.24, 2.45) is 10.7 Å². The van der Waals surface area contributed by atoms with E-state index in [0.717, 1.165) is 28.1 Å². The Bertz CT molecular complexity index is 1290. The molecule has 1 aromatic heterocycles. The van der Waals surface area contributed by atoms with Crippen molar-refractivity contribution >= 4 is 23.2 Å². The van der Waals surface area contributed by atoms with E-state index in [4.69, 9.17) is 5.73 Å². The molecule has 2 aromatic carbocycles. The minimum atomic E-state index is -4.47. The van der Waals surface area contributed by atoms with Crippen LogP contribution in [0.25, 0.3) is 11.1 Å². The number of carbonyl (C=O) groups excluding carboxylic acids is 1. The summed E-state index contributed by atoms with van der Waals surface area (Å²) in [4.78, 5) is 19.8. The van der Waals surface area contributed by atoms with Crippen LogP contribution in [0.1, 0.15) is 34.4 Å². The Kier molecular flexibility index (Phi) is 5.50. The number of hydrogen-bond donors (Lipinski definition) is 1. The molecule has 2 atom stereocenters. The van der Waals surface area contributed by atoms with Gasteiger partial charge in [0.1, 0.15) is 5.54 Å². The largest absolute Gasteiger partial charge is 0.416 e. The Balaban J connectivity index is 1.81. The first-order valence-corrected chi connectivity index (χ1v) is 10.8. The van der Waals surface area contributed by atoms with Crippen LogP contribution in [0.2, 0.25) is 0 Å². The van der Waals surface area contributed by atoms with Gasteiger partial charge in [0.2, 0.25) is 5.91 Å². The van der Waals surface area contributed by atoms with Crippen LogP contribution in [-0.4, -0.2) is 23.8 Å². The third-order valence-electron chi connectivity index (χ3n) is 5.82. The molecule has 0 unspecified atom stereocenters. The first kappa shape index (κ1) is 22.6. The molecule has 0 bridgehead atoms. The number of nitrogens with two attached hydrogens (primary N) is 1. The summed E-state index contributed by atoms with van der Waals surface area (Å²) >= 11 is 1.38. The van der Waals surface area contributed by atoms with E-state index in [1.807, 2.05) is 17.5 Å². The summed E-state index contributed by atoms with van der Waals surface area (Å²) < 4.78 is 39.2. The van der Waals surface area contributed by atoms with Crippen molar-refractivity contribution < 1.29 is 18.0 Å². The number of thiophene rings is 1. The van der Waals surface area contributed by atoms with Crippen LogP contribution in [0.5, 0.6) is 0 Å². The zero-order valence-corrected chi connectivity index (χ0v) is 18.5. The van der Waals surface area contributed by atoms with Crippen LogP contribution in [-0.2, 0) is 16.5 Å². The van der Waals surface area contributed by atoms with Gasteiger partial charge in [-0.25, -0.2) is 4.99 Å². The predicted octanol–water partition coefficient (Wildman–Crippen LogP) is 5.09. The molecular formula is C24H19F3N4OS. The molecule has 3 aromatic rings. The molecule has 0 spiro atoms. The average molecular weight is 469 g/mol. The van der Waals surface area contributed by atoms with Crippen molar-refractivity contribution in [2.75, 3.05) is 7.05 Å². The van der Waals surface area contributed by atoms with Gasteiger partial charge in [0.25, 0.3) is 0 Å². The molecule has 168 valence electrons. The summed E-state index contributed by atoms with van der Waals surface area (Å²) in [6, 6.07) is 15.7. The second-order valence-electron chi connectivity index (χ2n) is 7.96. The maximum atomic E-state index is 13.3. The first-order chi connectivity index (χ1) is 15.5. The van der Waals surface area contributed by atoms with Crippen LogP contribution in [0.4, 0.5) is 13.2 Å². The molecule has 0 saturated heterocycles. The van der Waals surface area contributed by atoms with Gasteiger partial charge < -0.3 is 5.73 Å². The van der Waals surface area contributed by atoms with Crippen molar-refractivity contribution in [2.45, 2.75) is 24.6 Å². The number of rotatable bonds is 3. The Morgan fingerprint density at radius 1 is 1.15 bits per heavy atom. The minimum absolute atomic E-state index is 0.0343. The average Bonchev–Trinajstić information content (AvgIpc) is 3.29. The summed E-state index contributed by atoms with van der Waals surface area (Å²) in [6.07, 6.45) is -4.47. The number of benzene rings is 2. The summed E-state index contributed by atoms with van der Waals surface area (Å²) in [7, 11) is 1.49. The molecule has 0 fully saturated rings. The number of likely N-dealkylation sites (N-methyl/N-ethyl adjacent to an activating group) is 1. The number of halogens is 3. The first-order valence-electron chi connectivity index (χ1n) is 9.94. The van der Waals surface area contributed by atoms with Gasteiger partial charge in [0, 0.05) is 11.9 Å². The van der Waals surface area contributed by atoms with Gasteiger partial charge in [-0.1, -0.05) is 24.3 Å². The van der Waals surface area contributed by atoms with Gasteiger partial charge >= 0.3 is 6.18 Å². The lowest BCUT2D eigenvalue weighted by Gasteiger charge is -2.40. The van der Waals surface area contributed by atoms with Crippen LogP contribution in [0, 0.1) is 11.3 Å². The van der Waals surface area contributed by atoms with Crippen molar-refractivity contribution in [3.8, 4) is 17.2 Å². The summed E-state index contributed by atoms with van der Waals surface area (Å²) in [5.41, 5.74) is 6.74. The van der Waals surface area contributed by atoms with E-state index in [2.05, 4.69) is 11.1 Å². The van der Waals surface area contributed by atoms with Crippen molar-refractivity contribution in [1.29, 1.82) is 5.26 Å². The van der Waals surface area contributed by atoms with Crippen molar-refractivity contribution in [3.05, 3.63) is 81.5 Å². The highest BCUT2D eigenvalue weighted by Gasteiger charge is 2.48. The molecule has 2 N–H and O–H groups in total. The van der Waals surface area contributed by atoms with Crippen molar-refractivity contribution in [3.63, 3.8) is 0 Å². The van der Waals surface area contributed by atoms with Crippen LogP contribution in [0.15, 0.2) is 65.0 Å². The normalized spacial score (nSPS) is 21.0. The summed E-state index contributed by atoms with van der Waals surface area (Å²) in [5.74, 6) is -1.19. The SMILES string of the molecule is CN1C(=O)[C@@H](c2ccc(C(F)(F)F)cc2)[C@@](C)(c2cc(-c3cccc(C#N)c3)cs2)N=C1N. The fraction of sp³-hybridized carbons (Fsp3) is 0.208. The minimum Gasteiger partial charge on any atom is -0.369 e. The number of alkyl halides is 3. The standard InChI is InChI=1S/C24H19F3N4OS/c1-23(19-11-17(13-33-19)16-5-3-4-14(10-16)12-28)20(21(32)31(2)22(29)30-23)15-6-8-18(9-7-15)24(25,26)27/h3-11,13,20H,1-2H3,(H2,29,30)/t20-,23-/m1/s1. The maximum absolute atomic E-state index is 13.3. The van der Waals surface area contributed by atoms with Gasteiger partial charge in [-0.2, -0.15) is 18.4 Å². The highest BCUT2D eigenvalue weighted by Crippen LogP contribution is 2.47. The number of nitrogens with zero attached hydrogens (tertiary/aromatic N) is 3. The smallest absolute Gasteiger partial charge is 0.369 e. The molecular weight excluding hydrogens is 449 g/mol. The van der Waals surface area contributed by atoms with E-state index in [1.165, 1.54) is 35.4 Å². The molecule has 0 aliphatic carbocycles. The lowest BCUT2D eigenvalue weighted by atomic mass is 9.77. The molecule has 33 heavy (non-hydrogen) atoms. The maximum Gasteiger partial charge on any atom is 0.416 e. The van der Waals surface area contributed by atoms with Gasteiger partial charge in [-0.05, 0) is 59.3 Å². The summed E-state index contributed by atoms with van der Waals surface area (Å²) in [6.45, 7) is 1.76. The Morgan fingerprint density at radius 2 is 1.85 bits per heavy atom. The Morgan fingerprint density at radius 3 is 2.48 bits per heavy atom. The second kappa shape index (κ2) is 8.05. The van der Waals surface area contributed by atoms with E-state index >= 15 is 0 Å². The number of amides is 1. The highest BCUT2D eigenvalue weighted by molar-refractivity contribution is 7.10. The fourth-order valence-electron chi connectivity index (χ4n) is 3.97. The van der Waals surface area contributed by atoms with Gasteiger partial charge in [-0.15, -0.1) is 11.3 Å². The molecule has 1 amide bonds. The van der Waals surface area contributed by atoms with Crippen LogP contribution < -0.4 is 5.73 Å². The van der Waals surface area contributed by atoms with Gasteiger partial charge in [-0.3, -0.25) is 9.69 Å². The quantitative estimate of drug-likeness (QED) is 0.581. The molecule has 0 saturated carbocycles. The summed E-state index contributed by atoms with van der Waals surface area (Å²) in [5, 5.41) is 11.1. The number of carbonyl (C=O) groups is 1. The fourth-order valence-corrected chi connectivity index (χ4v) is 5.03. The molecule has 1 aliphatic rings. The van der Waals surface area contributed by atoms with Crippen molar-refractivity contribution in [1.82, 2.24) is 4.90 Å². The van der Waals surface area contributed by atoms with E-state index in [0.29, 0.717) is 11.1 Å². The third kappa shape index (κ3) is 3.98. The third-order valence-corrected chi connectivity index (χ3v) is 6.98. The Hall–Kier alpha value is -3.64. The van der Waals surface area contributed by atoms with E-state index in [1.54, 1.807) is 25.1 Å². The number of nitriles is 1. The number of hydrogen-bond acceptors (Lipinski definition) is 5. The molecule has 0 radical (unpaired) electrons. The zero-order chi connectivity index (χ0) is 24.0. The van der Waals surface area contributed by atoms with E-state index in [-0.39, 0.29) is 11.9 Å². The monoisotopic (exact) mass is 468 g/mol. The predicted molar refractivity (Wildman–Crippen MR) is 120 cm³/mol. The number of guanidine groups is 1. The molecule has 5 nitrogen and oxygen atoms in total. The second-order valence-corrected chi connectivity index (χ2v) is 8.87. The molecule has 1 aliphatic heterocycles. The highest BCUT2D eigenvalue weighted by atomic mass is 32.1. The zero-order valence-electron chi connectivity index (χ0n) is 17.7. The Labute approximate surface area is 192 Å². The van der Waals surface area contributed by atoms with Gasteiger partial charge in [0.05, 0.1) is 23.1 Å². The lowest BCUT2D eigenvalue weighted by Crippen LogP contribution is -2.52. The number of aliphatic imine (C=N–C) groups is 1. The lowest BCUT2D eigenvalue weighted by molar-refractivity contribution is -0.137. The molecule has 9 heteroatoms. The molecule has 2 heterocycles. The topological polar surface area (TPSA) is 82.5 Å².